The van der Waals surface area contributed by atoms with Gasteiger partial charge in [0.25, 0.3) is 5.91 Å². The second-order valence-electron chi connectivity index (χ2n) is 9.80. The van der Waals surface area contributed by atoms with Gasteiger partial charge in [-0.2, -0.15) is 14.9 Å². The second-order valence-corrected chi connectivity index (χ2v) is 9.80. The lowest BCUT2D eigenvalue weighted by Crippen LogP contribution is -2.39. The third kappa shape index (κ3) is 5.33. The van der Waals surface area contributed by atoms with Crippen LogP contribution in [0.15, 0.2) is 61.4 Å². The van der Waals surface area contributed by atoms with E-state index in [2.05, 4.69) is 25.4 Å². The molecule has 0 bridgehead atoms. The molecule has 0 aliphatic heterocycles. The number of carbonyl (C=O) groups is 2. The molecule has 1 aliphatic carbocycles. The molecule has 2 amide bonds. The summed E-state index contributed by atoms with van der Waals surface area (Å²) in [6, 6.07) is 11.1. The van der Waals surface area contributed by atoms with Gasteiger partial charge in [-0.3, -0.25) is 4.79 Å². The molecule has 3 heterocycles. The molecule has 0 saturated heterocycles. The highest BCUT2D eigenvalue weighted by molar-refractivity contribution is 5.98. The van der Waals surface area contributed by atoms with Crippen LogP contribution >= 0.6 is 0 Å². The average Bonchev–Trinajstić information content (AvgIpc) is 3.54. The summed E-state index contributed by atoms with van der Waals surface area (Å²) < 4.78 is 21.8. The summed E-state index contributed by atoms with van der Waals surface area (Å²) in [5.74, 6) is -0.399. The third-order valence-corrected chi connectivity index (χ3v) is 7.05. The second kappa shape index (κ2) is 11.2. The largest absolute Gasteiger partial charge is 0.496 e. The molecule has 42 heavy (non-hydrogen) atoms. The number of hydrogen-bond donors (Lipinski definition) is 2. The zero-order chi connectivity index (χ0) is 29.2. The molecular weight excluding hydrogens is 543 g/mol. The predicted octanol–water partition coefficient (Wildman–Crippen LogP) is 2.88. The molecule has 3 N–H and O–H groups in total. The number of benzene rings is 2. The maximum Gasteiger partial charge on any atom is 0.346 e. The molecule has 0 unspecified atom stereocenters. The van der Waals surface area contributed by atoms with Crippen LogP contribution in [0.5, 0.6) is 5.75 Å². The van der Waals surface area contributed by atoms with Crippen LogP contribution in [0.25, 0.3) is 22.3 Å². The Labute approximate surface area is 239 Å². The molecule has 0 spiro atoms. The van der Waals surface area contributed by atoms with Gasteiger partial charge in [-0.05, 0) is 36.6 Å². The summed E-state index contributed by atoms with van der Waals surface area (Å²) >= 11 is 0. The Morgan fingerprint density at radius 1 is 1.14 bits per heavy atom. The number of nitrogen functional groups attached to an aromatic ring is 1. The Morgan fingerprint density at radius 2 is 1.95 bits per heavy atom. The quantitative estimate of drug-likeness (QED) is 0.272. The summed E-state index contributed by atoms with van der Waals surface area (Å²) in [5, 5.41) is 12.2. The van der Waals surface area contributed by atoms with Gasteiger partial charge in [0, 0.05) is 24.7 Å². The van der Waals surface area contributed by atoms with E-state index < -0.39 is 11.7 Å². The fourth-order valence-electron chi connectivity index (χ4n) is 4.77. The van der Waals surface area contributed by atoms with Crippen molar-refractivity contribution in [1.82, 2.24) is 44.7 Å². The lowest BCUT2D eigenvalue weighted by molar-refractivity contribution is 0.0947. The van der Waals surface area contributed by atoms with Crippen LogP contribution in [0.1, 0.15) is 28.8 Å². The first kappa shape index (κ1) is 26.8. The topological polar surface area (TPSA) is 159 Å². The maximum absolute atomic E-state index is 13.7. The number of ether oxygens (including phenoxy) is 1. The fourth-order valence-corrected chi connectivity index (χ4v) is 4.77. The number of amides is 2. The molecule has 0 atom stereocenters. The zero-order valence-corrected chi connectivity index (χ0v) is 22.6. The first-order chi connectivity index (χ1) is 20.4. The molecule has 0 radical (unpaired) electrons. The number of methoxy groups -OCH3 is 1. The number of nitrogens with two attached hydrogens (primary N) is 1. The Kier molecular flexibility index (Phi) is 7.17. The van der Waals surface area contributed by atoms with Crippen LogP contribution in [-0.2, 0) is 13.1 Å². The molecule has 2 aromatic carbocycles. The Bertz CT molecular complexity index is 1750. The fraction of sp³-hybridized carbons (Fsp3) is 0.250. The van der Waals surface area contributed by atoms with Crippen molar-refractivity contribution in [3.8, 4) is 17.0 Å². The summed E-state index contributed by atoms with van der Waals surface area (Å²) in [7, 11) is 1.42. The molecule has 13 nitrogen and oxygen atoms in total. The lowest BCUT2D eigenvalue weighted by atomic mass is 10.1. The highest BCUT2D eigenvalue weighted by Gasteiger charge is 2.33. The Balaban J connectivity index is 1.20. The Morgan fingerprint density at radius 3 is 2.67 bits per heavy atom. The van der Waals surface area contributed by atoms with Gasteiger partial charge in [-0.25, -0.2) is 28.8 Å². The van der Waals surface area contributed by atoms with Crippen molar-refractivity contribution in [1.29, 1.82) is 0 Å². The average molecular weight is 571 g/mol. The van der Waals surface area contributed by atoms with E-state index in [1.165, 1.54) is 42.9 Å². The Hall–Kier alpha value is -5.40. The van der Waals surface area contributed by atoms with Gasteiger partial charge in [0.05, 0.1) is 24.6 Å². The van der Waals surface area contributed by atoms with Crippen LogP contribution in [0.3, 0.4) is 0 Å². The summed E-state index contributed by atoms with van der Waals surface area (Å²) in [5.41, 5.74) is 9.14. The number of aromatic nitrogens is 7. The van der Waals surface area contributed by atoms with Crippen molar-refractivity contribution in [2.45, 2.75) is 32.0 Å². The smallest absolute Gasteiger partial charge is 0.346 e. The van der Waals surface area contributed by atoms with Gasteiger partial charge in [-0.1, -0.05) is 24.3 Å². The van der Waals surface area contributed by atoms with Crippen molar-refractivity contribution in [2.75, 3.05) is 19.4 Å². The summed E-state index contributed by atoms with van der Waals surface area (Å²) in [6.45, 7) is 1.01. The minimum Gasteiger partial charge on any atom is -0.496 e. The SMILES string of the molecule is COc1ccc(F)cc1C(=O)NCc1ccc(-c2nn(CCN(C(=O)n3cncn3)C3CC3)c3ncnc(N)c23)cc1. The number of fused-ring (bicyclic) bond motifs is 1. The highest BCUT2D eigenvalue weighted by Crippen LogP contribution is 2.31. The van der Waals surface area contributed by atoms with Crippen LogP contribution in [-0.4, -0.2) is 71.0 Å². The molecule has 6 rings (SSSR count). The molecule has 1 fully saturated rings. The number of rotatable bonds is 9. The van der Waals surface area contributed by atoms with Gasteiger partial charge in [-0.15, -0.1) is 0 Å². The van der Waals surface area contributed by atoms with Crippen molar-refractivity contribution in [3.63, 3.8) is 0 Å². The minimum atomic E-state index is -0.526. The van der Waals surface area contributed by atoms with E-state index >= 15 is 0 Å². The molecule has 14 heteroatoms. The number of nitrogens with one attached hydrogen (secondary N) is 1. The van der Waals surface area contributed by atoms with E-state index in [1.807, 2.05) is 24.3 Å². The molecule has 5 aromatic rings. The number of carbonyl (C=O) groups excluding carboxylic acids is 2. The van der Waals surface area contributed by atoms with Gasteiger partial charge in [0.1, 0.15) is 42.1 Å². The van der Waals surface area contributed by atoms with Crippen LogP contribution < -0.4 is 15.8 Å². The lowest BCUT2D eigenvalue weighted by Gasteiger charge is -2.21. The summed E-state index contributed by atoms with van der Waals surface area (Å²) in [6.07, 6.45) is 5.97. The highest BCUT2D eigenvalue weighted by atomic mass is 19.1. The zero-order valence-electron chi connectivity index (χ0n) is 22.6. The first-order valence-corrected chi connectivity index (χ1v) is 13.3. The van der Waals surface area contributed by atoms with E-state index in [0.717, 1.165) is 30.0 Å². The van der Waals surface area contributed by atoms with E-state index in [-0.39, 0.29) is 29.9 Å². The molecular formula is C28H27FN10O3. The van der Waals surface area contributed by atoms with Crippen molar-refractivity contribution in [3.05, 3.63) is 78.4 Å². The van der Waals surface area contributed by atoms with Gasteiger partial charge in [0.2, 0.25) is 0 Å². The van der Waals surface area contributed by atoms with Crippen LogP contribution in [0.4, 0.5) is 15.0 Å². The van der Waals surface area contributed by atoms with E-state index in [1.54, 1.807) is 9.58 Å². The van der Waals surface area contributed by atoms with Crippen molar-refractivity contribution < 1.29 is 18.7 Å². The number of nitrogens with zero attached hydrogens (tertiary/aromatic N) is 8. The standard InChI is InChI=1S/C28H27FN10O3/c1-42-22-9-6-19(29)12-21(22)27(40)32-13-17-2-4-18(5-3-17)24-23-25(30)33-15-34-26(23)38(36-24)11-10-37(20-7-8-20)28(41)39-16-31-14-35-39/h2-6,9,12,14-16,20H,7-8,10-11,13H2,1H3,(H,32,40)(H2,30,33,34). The predicted molar refractivity (Wildman–Crippen MR) is 150 cm³/mol. The number of anilines is 1. The third-order valence-electron chi connectivity index (χ3n) is 7.05. The maximum atomic E-state index is 13.7. The summed E-state index contributed by atoms with van der Waals surface area (Å²) in [4.78, 5) is 39.9. The van der Waals surface area contributed by atoms with E-state index in [4.69, 9.17) is 15.6 Å². The van der Waals surface area contributed by atoms with Crippen LogP contribution in [0, 0.1) is 5.82 Å². The van der Waals surface area contributed by atoms with Gasteiger partial charge >= 0.3 is 6.03 Å². The van der Waals surface area contributed by atoms with Gasteiger partial charge < -0.3 is 20.7 Å². The number of halogens is 1. The monoisotopic (exact) mass is 570 g/mol. The van der Waals surface area contributed by atoms with E-state index in [9.17, 15) is 14.0 Å². The normalized spacial score (nSPS) is 12.8. The number of hydrogen-bond acceptors (Lipinski definition) is 9. The minimum absolute atomic E-state index is 0.116. The molecule has 1 aliphatic rings. The van der Waals surface area contributed by atoms with Crippen molar-refractivity contribution >= 4 is 28.8 Å². The van der Waals surface area contributed by atoms with Crippen molar-refractivity contribution in [2.24, 2.45) is 0 Å². The molecule has 214 valence electrons. The molecule has 3 aromatic heterocycles. The van der Waals surface area contributed by atoms with Gasteiger partial charge in [0.15, 0.2) is 5.65 Å². The molecule has 1 saturated carbocycles. The van der Waals surface area contributed by atoms with E-state index in [0.29, 0.717) is 35.6 Å². The van der Waals surface area contributed by atoms with Crippen LogP contribution in [0.2, 0.25) is 0 Å². The first-order valence-electron chi connectivity index (χ1n) is 13.3.